The minimum atomic E-state index is -1.38. The van der Waals surface area contributed by atoms with E-state index in [-0.39, 0.29) is 10.6 Å². The summed E-state index contributed by atoms with van der Waals surface area (Å²) in [4.78, 5) is 39.0. The second-order valence-electron chi connectivity index (χ2n) is 5.06. The number of benzene rings is 2. The van der Waals surface area contributed by atoms with Crippen LogP contribution >= 0.6 is 11.6 Å². The first-order chi connectivity index (χ1) is 10.5. The van der Waals surface area contributed by atoms with Gasteiger partial charge in [0.2, 0.25) is 5.91 Å². The number of amides is 1. The SMILES string of the molecule is CN1C(=O)C(C(=O)c2ccccc2Cl)C(=O)c2ccccc21. The lowest BCUT2D eigenvalue weighted by molar-refractivity contribution is -0.119. The molecule has 3 rings (SSSR count). The normalized spacial score (nSPS) is 17.4. The van der Waals surface area contributed by atoms with Crippen molar-refractivity contribution in [3.8, 4) is 0 Å². The number of ketones is 2. The summed E-state index contributed by atoms with van der Waals surface area (Å²) in [6, 6.07) is 13.2. The molecule has 0 spiro atoms. The highest BCUT2D eigenvalue weighted by atomic mass is 35.5. The van der Waals surface area contributed by atoms with Crippen molar-refractivity contribution in [2.24, 2.45) is 5.92 Å². The number of anilines is 1. The molecule has 0 bridgehead atoms. The van der Waals surface area contributed by atoms with Gasteiger partial charge in [0.15, 0.2) is 17.5 Å². The number of fused-ring (bicyclic) bond motifs is 1. The summed E-state index contributed by atoms with van der Waals surface area (Å²) in [7, 11) is 1.56. The number of nitrogens with zero attached hydrogens (tertiary/aromatic N) is 1. The number of rotatable bonds is 2. The van der Waals surface area contributed by atoms with Crippen molar-refractivity contribution in [2.75, 3.05) is 11.9 Å². The zero-order valence-electron chi connectivity index (χ0n) is 11.7. The zero-order chi connectivity index (χ0) is 15.9. The Balaban J connectivity index is 2.09. The molecule has 0 saturated carbocycles. The summed E-state index contributed by atoms with van der Waals surface area (Å²) in [5.74, 6) is -2.96. The highest BCUT2D eigenvalue weighted by Gasteiger charge is 2.43. The minimum Gasteiger partial charge on any atom is -0.314 e. The molecule has 2 aromatic carbocycles. The maximum Gasteiger partial charge on any atom is 0.245 e. The maximum absolute atomic E-state index is 12.6. The molecule has 1 aliphatic rings. The van der Waals surface area contributed by atoms with E-state index in [1.54, 1.807) is 49.5 Å². The predicted octanol–water partition coefficient (Wildman–Crippen LogP) is 3.00. The van der Waals surface area contributed by atoms with Crippen molar-refractivity contribution in [3.63, 3.8) is 0 Å². The summed E-state index contributed by atoms with van der Waals surface area (Å²) in [5.41, 5.74) is 1.07. The van der Waals surface area contributed by atoms with Crippen LogP contribution in [0.4, 0.5) is 5.69 Å². The number of hydrogen-bond donors (Lipinski definition) is 0. The van der Waals surface area contributed by atoms with Gasteiger partial charge in [0.05, 0.1) is 10.7 Å². The molecule has 0 aliphatic carbocycles. The van der Waals surface area contributed by atoms with Gasteiger partial charge in [0, 0.05) is 18.2 Å². The smallest absolute Gasteiger partial charge is 0.245 e. The monoisotopic (exact) mass is 313 g/mol. The zero-order valence-corrected chi connectivity index (χ0v) is 12.5. The lowest BCUT2D eigenvalue weighted by Crippen LogP contribution is -2.46. The van der Waals surface area contributed by atoms with Crippen molar-refractivity contribution in [2.45, 2.75) is 0 Å². The Hall–Kier alpha value is -2.46. The van der Waals surface area contributed by atoms with E-state index in [4.69, 9.17) is 11.6 Å². The van der Waals surface area contributed by atoms with Crippen LogP contribution in [0.15, 0.2) is 48.5 Å². The van der Waals surface area contributed by atoms with Gasteiger partial charge in [-0.15, -0.1) is 0 Å². The molecule has 1 unspecified atom stereocenters. The van der Waals surface area contributed by atoms with Gasteiger partial charge < -0.3 is 4.90 Å². The van der Waals surface area contributed by atoms with Crippen LogP contribution in [0.5, 0.6) is 0 Å². The van der Waals surface area contributed by atoms with E-state index in [2.05, 4.69) is 0 Å². The Labute approximate surface area is 132 Å². The molecule has 1 amide bonds. The lowest BCUT2D eigenvalue weighted by Gasteiger charge is -2.29. The third-order valence-corrected chi connectivity index (χ3v) is 4.10. The van der Waals surface area contributed by atoms with Crippen LogP contribution < -0.4 is 4.90 Å². The Kier molecular flexibility index (Phi) is 3.54. The molecule has 0 fully saturated rings. The molecule has 1 atom stereocenters. The molecule has 4 nitrogen and oxygen atoms in total. The number of hydrogen-bond acceptors (Lipinski definition) is 3. The molecule has 1 heterocycles. The molecule has 22 heavy (non-hydrogen) atoms. The molecule has 0 radical (unpaired) electrons. The molecule has 0 N–H and O–H groups in total. The first-order valence-corrected chi connectivity index (χ1v) is 7.09. The van der Waals surface area contributed by atoms with Crippen LogP contribution in [0.2, 0.25) is 5.02 Å². The second kappa shape index (κ2) is 5.39. The summed E-state index contributed by atoms with van der Waals surface area (Å²) in [6.45, 7) is 0. The van der Waals surface area contributed by atoms with Gasteiger partial charge in [-0.25, -0.2) is 0 Å². The molecule has 0 saturated heterocycles. The molecule has 5 heteroatoms. The van der Waals surface area contributed by atoms with Gasteiger partial charge in [0.25, 0.3) is 0 Å². The average Bonchev–Trinajstić information content (AvgIpc) is 2.53. The summed E-state index contributed by atoms with van der Waals surface area (Å²) < 4.78 is 0. The van der Waals surface area contributed by atoms with Gasteiger partial charge in [-0.2, -0.15) is 0 Å². The Morgan fingerprint density at radius 2 is 1.68 bits per heavy atom. The Bertz CT molecular complexity index is 800. The molecular weight excluding hydrogens is 302 g/mol. The van der Waals surface area contributed by atoms with Crippen molar-refractivity contribution in [1.82, 2.24) is 0 Å². The summed E-state index contributed by atoms with van der Waals surface area (Å²) >= 11 is 6.01. The largest absolute Gasteiger partial charge is 0.314 e. The van der Waals surface area contributed by atoms with Crippen LogP contribution in [0.3, 0.4) is 0 Å². The number of carbonyl (C=O) groups is 3. The van der Waals surface area contributed by atoms with Crippen LogP contribution in [0.1, 0.15) is 20.7 Å². The third-order valence-electron chi connectivity index (χ3n) is 3.77. The van der Waals surface area contributed by atoms with Gasteiger partial charge in [-0.3, -0.25) is 14.4 Å². The van der Waals surface area contributed by atoms with Crippen molar-refractivity contribution >= 4 is 34.8 Å². The van der Waals surface area contributed by atoms with Crippen LogP contribution in [0.25, 0.3) is 0 Å². The van der Waals surface area contributed by atoms with E-state index in [0.717, 1.165) is 0 Å². The highest BCUT2D eigenvalue weighted by Crippen LogP contribution is 2.32. The maximum atomic E-state index is 12.6. The fourth-order valence-electron chi connectivity index (χ4n) is 2.60. The number of halogens is 1. The predicted molar refractivity (Wildman–Crippen MR) is 83.5 cm³/mol. The first-order valence-electron chi connectivity index (χ1n) is 6.72. The summed E-state index contributed by atoms with van der Waals surface area (Å²) in [6.07, 6.45) is 0. The van der Waals surface area contributed by atoms with E-state index in [9.17, 15) is 14.4 Å². The first kappa shape index (κ1) is 14.5. The van der Waals surface area contributed by atoms with Crippen LogP contribution in [0, 0.1) is 5.92 Å². The van der Waals surface area contributed by atoms with Gasteiger partial charge >= 0.3 is 0 Å². The van der Waals surface area contributed by atoms with Crippen molar-refractivity contribution < 1.29 is 14.4 Å². The van der Waals surface area contributed by atoms with Gasteiger partial charge in [0.1, 0.15) is 0 Å². The van der Waals surface area contributed by atoms with Crippen LogP contribution in [-0.2, 0) is 4.79 Å². The highest BCUT2D eigenvalue weighted by molar-refractivity contribution is 6.38. The third kappa shape index (κ3) is 2.12. The van der Waals surface area contributed by atoms with E-state index >= 15 is 0 Å². The average molecular weight is 314 g/mol. The minimum absolute atomic E-state index is 0.184. The Morgan fingerprint density at radius 3 is 2.41 bits per heavy atom. The molecule has 2 aromatic rings. The van der Waals surface area contributed by atoms with E-state index in [0.29, 0.717) is 11.3 Å². The quantitative estimate of drug-likeness (QED) is 0.632. The molecule has 1 aliphatic heterocycles. The molecule has 0 aromatic heterocycles. The van der Waals surface area contributed by atoms with Gasteiger partial charge in [-0.05, 0) is 24.3 Å². The molecular formula is C17H12ClNO3. The van der Waals surface area contributed by atoms with E-state index in [1.165, 1.54) is 11.0 Å². The van der Waals surface area contributed by atoms with Crippen LogP contribution in [-0.4, -0.2) is 24.5 Å². The summed E-state index contributed by atoms with van der Waals surface area (Å²) in [5, 5.41) is 0.231. The Morgan fingerprint density at radius 1 is 1.05 bits per heavy atom. The number of Topliss-reactive ketones (excluding diaryl/α,β-unsaturated/α-hetero) is 2. The lowest BCUT2D eigenvalue weighted by atomic mass is 9.85. The molecule has 110 valence electrons. The fraction of sp³-hybridized carbons (Fsp3) is 0.118. The van der Waals surface area contributed by atoms with Gasteiger partial charge in [-0.1, -0.05) is 35.9 Å². The van der Waals surface area contributed by atoms with Crippen molar-refractivity contribution in [3.05, 3.63) is 64.7 Å². The van der Waals surface area contributed by atoms with E-state index in [1.807, 2.05) is 0 Å². The topological polar surface area (TPSA) is 54.5 Å². The van der Waals surface area contributed by atoms with E-state index < -0.39 is 23.4 Å². The second-order valence-corrected chi connectivity index (χ2v) is 5.46. The standard InChI is InChI=1S/C17H12ClNO3/c1-19-13-9-5-3-7-11(13)16(21)14(17(19)22)15(20)10-6-2-4-8-12(10)18/h2-9,14H,1H3. The van der Waals surface area contributed by atoms with Crippen molar-refractivity contribution in [1.29, 1.82) is 0 Å². The fourth-order valence-corrected chi connectivity index (χ4v) is 2.83. The number of carbonyl (C=O) groups excluding carboxylic acids is 3. The number of para-hydroxylation sites is 1.